The van der Waals surface area contributed by atoms with Gasteiger partial charge in [-0.2, -0.15) is 0 Å². The van der Waals surface area contributed by atoms with Crippen molar-refractivity contribution in [3.8, 4) is 0 Å². The number of fused-ring (bicyclic) bond motifs is 2. The van der Waals surface area contributed by atoms with Crippen LogP contribution in [0, 0.1) is 0 Å². The van der Waals surface area contributed by atoms with Crippen LogP contribution in [0.4, 0.5) is 0 Å². The number of nitrogens with zero attached hydrogens (tertiary/aromatic N) is 2. The SMILES string of the molecule is CN(C(=O)COC(=O)c1c2c(nc3ccccc13)/C(=C/c1ccc(C(C)(C)C)cc1)CC2)[C@H]1CCS(=O)(=O)C1. The molecule has 1 amide bonds. The summed E-state index contributed by atoms with van der Waals surface area (Å²) in [6.45, 7) is 6.12. The van der Waals surface area contributed by atoms with Crippen molar-refractivity contribution in [2.45, 2.75) is 51.5 Å². The number of para-hydroxylation sites is 1. The zero-order valence-electron chi connectivity index (χ0n) is 22.9. The van der Waals surface area contributed by atoms with E-state index in [1.54, 1.807) is 7.05 Å². The third kappa shape index (κ3) is 5.62. The second kappa shape index (κ2) is 10.2. The minimum atomic E-state index is -3.13. The number of sulfone groups is 1. The molecule has 0 saturated carbocycles. The number of hydrogen-bond donors (Lipinski definition) is 0. The lowest BCUT2D eigenvalue weighted by molar-refractivity contribution is -0.134. The Balaban J connectivity index is 1.41. The van der Waals surface area contributed by atoms with Crippen molar-refractivity contribution in [2.24, 2.45) is 0 Å². The van der Waals surface area contributed by atoms with Crippen molar-refractivity contribution < 1.29 is 22.7 Å². The summed E-state index contributed by atoms with van der Waals surface area (Å²) in [5, 5.41) is 0.694. The normalized spacial score (nSPS) is 19.3. The molecular formula is C31H34N2O5S. The summed E-state index contributed by atoms with van der Waals surface area (Å²) in [4.78, 5) is 32.5. The van der Waals surface area contributed by atoms with Gasteiger partial charge in [-0.1, -0.05) is 63.2 Å². The van der Waals surface area contributed by atoms with Crippen molar-refractivity contribution in [3.63, 3.8) is 0 Å². The van der Waals surface area contributed by atoms with Crippen LogP contribution >= 0.6 is 0 Å². The van der Waals surface area contributed by atoms with Gasteiger partial charge >= 0.3 is 5.97 Å². The maximum Gasteiger partial charge on any atom is 0.339 e. The predicted octanol–water partition coefficient (Wildman–Crippen LogP) is 4.82. The molecule has 1 aliphatic heterocycles. The van der Waals surface area contributed by atoms with Gasteiger partial charge in [0.15, 0.2) is 16.4 Å². The van der Waals surface area contributed by atoms with E-state index in [0.29, 0.717) is 29.3 Å². The summed E-state index contributed by atoms with van der Waals surface area (Å²) in [5.74, 6) is -0.971. The molecule has 0 bridgehead atoms. The fraction of sp³-hybridized carbons (Fsp3) is 0.387. The number of hydrogen-bond acceptors (Lipinski definition) is 6. The first-order chi connectivity index (χ1) is 18.4. The summed E-state index contributed by atoms with van der Waals surface area (Å²) < 4.78 is 29.2. The highest BCUT2D eigenvalue weighted by Crippen LogP contribution is 2.38. The van der Waals surface area contributed by atoms with E-state index in [1.807, 2.05) is 24.3 Å². The van der Waals surface area contributed by atoms with Gasteiger partial charge in [0.25, 0.3) is 5.91 Å². The molecule has 2 aliphatic rings. The molecule has 1 atom stereocenters. The van der Waals surface area contributed by atoms with Crippen LogP contribution in [0.15, 0.2) is 48.5 Å². The van der Waals surface area contributed by atoms with Crippen LogP contribution in [0.25, 0.3) is 22.6 Å². The van der Waals surface area contributed by atoms with Crippen molar-refractivity contribution in [1.29, 1.82) is 0 Å². The first-order valence-corrected chi connectivity index (χ1v) is 15.1. The molecule has 7 nitrogen and oxygen atoms in total. The first kappa shape index (κ1) is 27.1. The lowest BCUT2D eigenvalue weighted by atomic mass is 9.86. The highest BCUT2D eigenvalue weighted by molar-refractivity contribution is 7.91. The van der Waals surface area contributed by atoms with Gasteiger partial charge in [-0.3, -0.25) is 4.79 Å². The molecule has 2 aromatic carbocycles. The molecule has 1 saturated heterocycles. The summed E-state index contributed by atoms with van der Waals surface area (Å²) in [6.07, 6.45) is 3.92. The molecule has 5 rings (SSSR count). The molecule has 0 radical (unpaired) electrons. The topological polar surface area (TPSA) is 93.6 Å². The van der Waals surface area contributed by atoms with E-state index in [2.05, 4.69) is 51.1 Å². The molecule has 0 spiro atoms. The Hall–Kier alpha value is -3.52. The Kier molecular flexibility index (Phi) is 7.10. The third-order valence-electron chi connectivity index (χ3n) is 7.74. The van der Waals surface area contributed by atoms with Crippen molar-refractivity contribution in [1.82, 2.24) is 9.88 Å². The minimum Gasteiger partial charge on any atom is -0.452 e. The number of allylic oxidation sites excluding steroid dienone is 1. The third-order valence-corrected chi connectivity index (χ3v) is 9.49. The molecule has 0 unspecified atom stereocenters. The van der Waals surface area contributed by atoms with Gasteiger partial charge in [0.2, 0.25) is 0 Å². The Morgan fingerprint density at radius 3 is 2.46 bits per heavy atom. The van der Waals surface area contributed by atoms with Gasteiger partial charge in [0, 0.05) is 18.5 Å². The fourth-order valence-electron chi connectivity index (χ4n) is 5.38. The standard InChI is InChI=1S/C31H34N2O5S/c1-31(2,3)22-12-9-20(10-13-22)17-21-11-14-25-28(24-7-5-6-8-26(24)32-29(21)25)30(35)38-18-27(34)33(4)23-15-16-39(36,37)19-23/h5-10,12-13,17,23H,11,14-16,18-19H2,1-4H3/b21-17+/t23-/m0/s1. The number of amides is 1. The minimum absolute atomic E-state index is 0.0558. The molecule has 8 heteroatoms. The zero-order valence-corrected chi connectivity index (χ0v) is 23.7. The maximum atomic E-state index is 13.4. The van der Waals surface area contributed by atoms with Gasteiger partial charge in [-0.05, 0) is 59.1 Å². The van der Waals surface area contributed by atoms with Crippen LogP contribution < -0.4 is 0 Å². The van der Waals surface area contributed by atoms with Crippen molar-refractivity contribution in [2.75, 3.05) is 25.2 Å². The molecular weight excluding hydrogens is 512 g/mol. The van der Waals surface area contributed by atoms with E-state index in [9.17, 15) is 18.0 Å². The Morgan fingerprint density at radius 2 is 1.79 bits per heavy atom. The number of ether oxygens (including phenoxy) is 1. The molecule has 204 valence electrons. The van der Waals surface area contributed by atoms with Gasteiger partial charge < -0.3 is 9.64 Å². The molecule has 3 aromatic rings. The number of pyridine rings is 1. The number of likely N-dealkylation sites (N-methyl/N-ethyl adjacent to an activating group) is 1. The Labute approximate surface area is 229 Å². The van der Waals surface area contributed by atoms with E-state index in [4.69, 9.17) is 9.72 Å². The molecule has 1 aromatic heterocycles. The van der Waals surface area contributed by atoms with Crippen molar-refractivity contribution in [3.05, 3.63) is 76.5 Å². The second-order valence-corrected chi connectivity index (χ2v) is 13.7. The van der Waals surface area contributed by atoms with Gasteiger partial charge in [-0.15, -0.1) is 0 Å². The molecule has 1 aliphatic carbocycles. The highest BCUT2D eigenvalue weighted by Gasteiger charge is 2.33. The summed E-state index contributed by atoms with van der Waals surface area (Å²) in [5.41, 5.74) is 6.24. The van der Waals surface area contributed by atoms with Gasteiger partial charge in [0.1, 0.15) is 0 Å². The lowest BCUT2D eigenvalue weighted by Gasteiger charge is -2.23. The van der Waals surface area contributed by atoms with E-state index in [-0.39, 0.29) is 16.9 Å². The fourth-order valence-corrected chi connectivity index (χ4v) is 7.15. The largest absolute Gasteiger partial charge is 0.452 e. The maximum absolute atomic E-state index is 13.4. The monoisotopic (exact) mass is 546 g/mol. The number of aromatic nitrogens is 1. The van der Waals surface area contributed by atoms with Gasteiger partial charge in [-0.25, -0.2) is 18.2 Å². The smallest absolute Gasteiger partial charge is 0.339 e. The Bertz CT molecular complexity index is 1580. The average Bonchev–Trinajstić information content (AvgIpc) is 3.47. The van der Waals surface area contributed by atoms with E-state index in [0.717, 1.165) is 28.8 Å². The van der Waals surface area contributed by atoms with E-state index in [1.165, 1.54) is 10.5 Å². The van der Waals surface area contributed by atoms with Crippen LogP contribution in [0.3, 0.4) is 0 Å². The number of carbonyl (C=O) groups excluding carboxylic acids is 2. The molecule has 2 heterocycles. The second-order valence-electron chi connectivity index (χ2n) is 11.5. The number of carbonyl (C=O) groups is 2. The Morgan fingerprint density at radius 1 is 1.08 bits per heavy atom. The number of benzene rings is 2. The molecule has 1 fully saturated rings. The van der Waals surface area contributed by atoms with Crippen LogP contribution in [0.1, 0.15) is 66.4 Å². The summed E-state index contributed by atoms with van der Waals surface area (Å²) >= 11 is 0. The zero-order chi connectivity index (χ0) is 27.9. The summed E-state index contributed by atoms with van der Waals surface area (Å²) in [6, 6.07) is 15.6. The average molecular weight is 547 g/mol. The van der Waals surface area contributed by atoms with Crippen LogP contribution in [0.5, 0.6) is 0 Å². The summed E-state index contributed by atoms with van der Waals surface area (Å²) in [7, 11) is -1.57. The van der Waals surface area contributed by atoms with Crippen LogP contribution in [0.2, 0.25) is 0 Å². The van der Waals surface area contributed by atoms with Crippen LogP contribution in [-0.4, -0.2) is 61.4 Å². The first-order valence-electron chi connectivity index (χ1n) is 13.3. The number of rotatable bonds is 5. The molecule has 0 N–H and O–H groups in total. The van der Waals surface area contributed by atoms with E-state index < -0.39 is 34.4 Å². The van der Waals surface area contributed by atoms with Gasteiger partial charge in [0.05, 0.1) is 28.3 Å². The van der Waals surface area contributed by atoms with Crippen molar-refractivity contribution >= 4 is 44.3 Å². The van der Waals surface area contributed by atoms with Crippen LogP contribution in [-0.2, 0) is 31.2 Å². The van der Waals surface area contributed by atoms with E-state index >= 15 is 0 Å². The quantitative estimate of drug-likeness (QED) is 0.426. The predicted molar refractivity (Wildman–Crippen MR) is 153 cm³/mol. The molecule has 39 heavy (non-hydrogen) atoms. The lowest BCUT2D eigenvalue weighted by Crippen LogP contribution is -2.40. The number of esters is 1. The highest BCUT2D eigenvalue weighted by atomic mass is 32.2.